The third kappa shape index (κ3) is 3.50. The average Bonchev–Trinajstić information content (AvgIpc) is 3.25. The molecule has 2 nitrogen and oxygen atoms in total. The maximum absolute atomic E-state index is 9.40. The monoisotopic (exact) mass is 259 g/mol. The molecule has 0 spiro atoms. The highest BCUT2D eigenvalue weighted by Crippen LogP contribution is 2.39. The zero-order chi connectivity index (χ0) is 13.1. The number of benzene rings is 1. The Morgan fingerprint density at radius 2 is 1.74 bits per heavy atom. The summed E-state index contributed by atoms with van der Waals surface area (Å²) in [4.78, 5) is 0. The highest BCUT2D eigenvalue weighted by atomic mass is 16.3. The SMILES string of the molecule is Oc1ccc(CC2(CNC3CC3)CCCCC2)cc1. The Kier molecular flexibility index (Phi) is 3.79. The average molecular weight is 259 g/mol. The quantitative estimate of drug-likeness (QED) is 0.846. The zero-order valence-corrected chi connectivity index (χ0v) is 11.7. The van der Waals surface area contributed by atoms with Gasteiger partial charge in [-0.05, 0) is 55.2 Å². The summed E-state index contributed by atoms with van der Waals surface area (Å²) in [6.07, 6.45) is 10.8. The lowest BCUT2D eigenvalue weighted by Crippen LogP contribution is -2.38. The maximum Gasteiger partial charge on any atom is 0.115 e. The van der Waals surface area contributed by atoms with E-state index in [1.54, 1.807) is 0 Å². The van der Waals surface area contributed by atoms with Gasteiger partial charge in [0.15, 0.2) is 0 Å². The van der Waals surface area contributed by atoms with Crippen LogP contribution in [-0.4, -0.2) is 17.7 Å². The largest absolute Gasteiger partial charge is 0.508 e. The van der Waals surface area contributed by atoms with Crippen LogP contribution in [0.1, 0.15) is 50.5 Å². The highest BCUT2D eigenvalue weighted by molar-refractivity contribution is 5.26. The van der Waals surface area contributed by atoms with Crippen molar-refractivity contribution < 1.29 is 5.11 Å². The number of phenols is 1. The van der Waals surface area contributed by atoms with Crippen molar-refractivity contribution in [3.05, 3.63) is 29.8 Å². The number of phenolic OH excluding ortho intramolecular Hbond substituents is 1. The molecule has 2 aliphatic rings. The second-order valence-corrected chi connectivity index (χ2v) is 6.56. The number of aromatic hydroxyl groups is 1. The standard InChI is InChI=1S/C17H25NO/c19-16-8-4-14(5-9-16)12-17(10-2-1-3-11-17)13-18-15-6-7-15/h4-5,8-9,15,18-19H,1-3,6-7,10-13H2. The van der Waals surface area contributed by atoms with Crippen LogP contribution >= 0.6 is 0 Å². The predicted molar refractivity (Wildman–Crippen MR) is 78.4 cm³/mol. The Balaban J connectivity index is 1.68. The van der Waals surface area contributed by atoms with E-state index in [9.17, 15) is 5.11 Å². The molecule has 2 aliphatic carbocycles. The third-order valence-electron chi connectivity index (χ3n) is 4.77. The Morgan fingerprint density at radius 3 is 2.37 bits per heavy atom. The fourth-order valence-corrected chi connectivity index (χ4v) is 3.41. The molecule has 2 heteroatoms. The van der Waals surface area contributed by atoms with Crippen molar-refractivity contribution in [1.82, 2.24) is 5.32 Å². The molecule has 2 saturated carbocycles. The van der Waals surface area contributed by atoms with Crippen LogP contribution in [0.5, 0.6) is 5.75 Å². The molecule has 0 aromatic heterocycles. The first-order valence-electron chi connectivity index (χ1n) is 7.77. The van der Waals surface area contributed by atoms with Gasteiger partial charge >= 0.3 is 0 Å². The van der Waals surface area contributed by atoms with Crippen LogP contribution in [0.3, 0.4) is 0 Å². The molecule has 2 N–H and O–H groups in total. The van der Waals surface area contributed by atoms with Crippen LogP contribution in [0.25, 0.3) is 0 Å². The molecule has 0 heterocycles. The lowest BCUT2D eigenvalue weighted by atomic mass is 9.70. The third-order valence-corrected chi connectivity index (χ3v) is 4.77. The van der Waals surface area contributed by atoms with Gasteiger partial charge in [0, 0.05) is 12.6 Å². The molecule has 1 aromatic rings. The number of hydrogen-bond acceptors (Lipinski definition) is 2. The molecule has 0 atom stereocenters. The molecule has 0 amide bonds. The molecule has 0 radical (unpaired) electrons. The molecule has 19 heavy (non-hydrogen) atoms. The van der Waals surface area contributed by atoms with Gasteiger partial charge in [0.25, 0.3) is 0 Å². The van der Waals surface area contributed by atoms with Gasteiger partial charge in [-0.2, -0.15) is 0 Å². The second kappa shape index (κ2) is 5.54. The van der Waals surface area contributed by atoms with Gasteiger partial charge in [-0.15, -0.1) is 0 Å². The van der Waals surface area contributed by atoms with Crippen molar-refractivity contribution in [2.24, 2.45) is 5.41 Å². The maximum atomic E-state index is 9.40. The van der Waals surface area contributed by atoms with Crippen LogP contribution in [0, 0.1) is 5.41 Å². The topological polar surface area (TPSA) is 32.3 Å². The lowest BCUT2D eigenvalue weighted by Gasteiger charge is -2.38. The van der Waals surface area contributed by atoms with E-state index in [-0.39, 0.29) is 0 Å². The van der Waals surface area contributed by atoms with E-state index in [1.165, 1.54) is 57.1 Å². The van der Waals surface area contributed by atoms with Gasteiger partial charge in [-0.25, -0.2) is 0 Å². The summed E-state index contributed by atoms with van der Waals surface area (Å²) in [5.74, 6) is 0.373. The molecule has 2 fully saturated rings. The molecule has 0 unspecified atom stereocenters. The minimum atomic E-state index is 0.373. The van der Waals surface area contributed by atoms with Gasteiger partial charge in [0.1, 0.15) is 5.75 Å². The van der Waals surface area contributed by atoms with Crippen LogP contribution in [-0.2, 0) is 6.42 Å². The van der Waals surface area contributed by atoms with E-state index >= 15 is 0 Å². The molecule has 104 valence electrons. The zero-order valence-electron chi connectivity index (χ0n) is 11.7. The summed E-state index contributed by atoms with van der Waals surface area (Å²) in [6, 6.07) is 8.62. The molecular weight excluding hydrogens is 234 g/mol. The van der Waals surface area contributed by atoms with Gasteiger partial charge in [0.2, 0.25) is 0 Å². The van der Waals surface area contributed by atoms with Crippen molar-refractivity contribution in [3.63, 3.8) is 0 Å². The molecule has 0 bridgehead atoms. The van der Waals surface area contributed by atoms with E-state index in [4.69, 9.17) is 0 Å². The molecule has 1 aromatic carbocycles. The predicted octanol–water partition coefficient (Wildman–Crippen LogP) is 3.64. The van der Waals surface area contributed by atoms with E-state index < -0.39 is 0 Å². The van der Waals surface area contributed by atoms with Gasteiger partial charge in [-0.3, -0.25) is 0 Å². The first kappa shape index (κ1) is 13.0. The van der Waals surface area contributed by atoms with Crippen LogP contribution in [0.15, 0.2) is 24.3 Å². The number of rotatable bonds is 5. The fraction of sp³-hybridized carbons (Fsp3) is 0.647. The Hall–Kier alpha value is -1.02. The van der Waals surface area contributed by atoms with Gasteiger partial charge < -0.3 is 10.4 Å². The Morgan fingerprint density at radius 1 is 1.05 bits per heavy atom. The van der Waals surface area contributed by atoms with Crippen LogP contribution in [0.2, 0.25) is 0 Å². The summed E-state index contributed by atoms with van der Waals surface area (Å²) in [7, 11) is 0. The summed E-state index contributed by atoms with van der Waals surface area (Å²) in [5, 5.41) is 13.1. The van der Waals surface area contributed by atoms with E-state index in [1.807, 2.05) is 12.1 Å². The summed E-state index contributed by atoms with van der Waals surface area (Å²) in [6.45, 7) is 1.18. The number of hydrogen-bond donors (Lipinski definition) is 2. The van der Waals surface area contributed by atoms with E-state index in [2.05, 4.69) is 17.4 Å². The second-order valence-electron chi connectivity index (χ2n) is 6.56. The fourth-order valence-electron chi connectivity index (χ4n) is 3.41. The highest BCUT2D eigenvalue weighted by Gasteiger charge is 2.34. The van der Waals surface area contributed by atoms with Crippen molar-refractivity contribution in [2.75, 3.05) is 6.54 Å². The van der Waals surface area contributed by atoms with Crippen molar-refractivity contribution >= 4 is 0 Å². The normalized spacial score (nSPS) is 22.3. The van der Waals surface area contributed by atoms with Crippen molar-refractivity contribution in [2.45, 2.75) is 57.4 Å². The molecule has 0 aliphatic heterocycles. The Labute approximate surface area is 116 Å². The minimum absolute atomic E-state index is 0.373. The smallest absolute Gasteiger partial charge is 0.115 e. The lowest BCUT2D eigenvalue weighted by molar-refractivity contribution is 0.180. The summed E-state index contributed by atoms with van der Waals surface area (Å²) >= 11 is 0. The van der Waals surface area contributed by atoms with Crippen molar-refractivity contribution in [3.8, 4) is 5.75 Å². The first-order chi connectivity index (χ1) is 9.26. The van der Waals surface area contributed by atoms with Crippen LogP contribution < -0.4 is 5.32 Å². The molecule has 0 saturated heterocycles. The van der Waals surface area contributed by atoms with Gasteiger partial charge in [-0.1, -0.05) is 31.4 Å². The molecular formula is C17H25NO. The summed E-state index contributed by atoms with van der Waals surface area (Å²) < 4.78 is 0. The first-order valence-corrected chi connectivity index (χ1v) is 7.77. The van der Waals surface area contributed by atoms with Gasteiger partial charge in [0.05, 0.1) is 0 Å². The minimum Gasteiger partial charge on any atom is -0.508 e. The van der Waals surface area contributed by atoms with Crippen LogP contribution in [0.4, 0.5) is 0 Å². The number of nitrogens with one attached hydrogen (secondary N) is 1. The Bertz CT molecular complexity index is 402. The van der Waals surface area contributed by atoms with Crippen molar-refractivity contribution in [1.29, 1.82) is 0 Å². The molecule has 3 rings (SSSR count). The summed E-state index contributed by atoms with van der Waals surface area (Å²) in [5.41, 5.74) is 1.83. The van der Waals surface area contributed by atoms with E-state index in [0.29, 0.717) is 11.2 Å². The van der Waals surface area contributed by atoms with E-state index in [0.717, 1.165) is 12.5 Å².